The molecule has 1 fully saturated rings. The van der Waals surface area contributed by atoms with Gasteiger partial charge < -0.3 is 10.1 Å². The minimum Gasteiger partial charge on any atom is -0.376 e. The van der Waals surface area contributed by atoms with Crippen LogP contribution in [0.1, 0.15) is 35.7 Å². The van der Waals surface area contributed by atoms with Crippen molar-refractivity contribution in [3.63, 3.8) is 0 Å². The van der Waals surface area contributed by atoms with Crippen LogP contribution in [-0.4, -0.2) is 34.4 Å². The first kappa shape index (κ1) is 14.8. The maximum absolute atomic E-state index is 12.3. The lowest BCUT2D eigenvalue weighted by Crippen LogP contribution is -2.40. The molecule has 2 unspecified atom stereocenters. The summed E-state index contributed by atoms with van der Waals surface area (Å²) in [5.41, 5.74) is 1.74. The largest absolute Gasteiger partial charge is 0.376 e. The maximum Gasteiger partial charge on any atom is 0.254 e. The van der Waals surface area contributed by atoms with E-state index in [4.69, 9.17) is 4.74 Å². The lowest BCUT2D eigenvalue weighted by Gasteiger charge is -2.19. The van der Waals surface area contributed by atoms with Crippen LogP contribution in [0.4, 0.5) is 0 Å². The Hall–Kier alpha value is -2.14. The molecule has 1 amide bonds. The number of rotatable bonds is 5. The van der Waals surface area contributed by atoms with Crippen LogP contribution >= 0.6 is 0 Å². The molecule has 1 aromatic carbocycles. The van der Waals surface area contributed by atoms with Crippen LogP contribution in [-0.2, 0) is 11.3 Å². The Morgan fingerprint density at radius 2 is 2.27 bits per heavy atom. The second kappa shape index (κ2) is 6.75. The molecule has 1 aliphatic heterocycles. The Morgan fingerprint density at radius 3 is 3.00 bits per heavy atom. The number of hydrogen-bond donors (Lipinski definition) is 1. The molecule has 3 rings (SSSR count). The summed E-state index contributed by atoms with van der Waals surface area (Å²) in [6.07, 6.45) is 5.60. The molecule has 22 heavy (non-hydrogen) atoms. The Bertz CT molecular complexity index is 618. The highest BCUT2D eigenvalue weighted by Gasteiger charge is 2.24. The van der Waals surface area contributed by atoms with Crippen molar-refractivity contribution in [3.05, 3.63) is 53.9 Å². The highest BCUT2D eigenvalue weighted by Crippen LogP contribution is 2.15. The third kappa shape index (κ3) is 3.54. The molecule has 0 aliphatic carbocycles. The van der Waals surface area contributed by atoms with Gasteiger partial charge in [0, 0.05) is 12.8 Å². The zero-order valence-electron chi connectivity index (χ0n) is 12.7. The summed E-state index contributed by atoms with van der Waals surface area (Å²) in [5, 5.41) is 7.26. The van der Waals surface area contributed by atoms with Crippen molar-refractivity contribution in [2.24, 2.45) is 0 Å². The van der Waals surface area contributed by atoms with Gasteiger partial charge in [-0.3, -0.25) is 9.48 Å². The van der Waals surface area contributed by atoms with Gasteiger partial charge in [0.25, 0.3) is 5.91 Å². The molecule has 0 radical (unpaired) electrons. The van der Waals surface area contributed by atoms with Crippen molar-refractivity contribution < 1.29 is 9.53 Å². The van der Waals surface area contributed by atoms with Crippen molar-refractivity contribution in [1.29, 1.82) is 0 Å². The molecule has 5 heteroatoms. The van der Waals surface area contributed by atoms with Gasteiger partial charge in [0.1, 0.15) is 0 Å². The fourth-order valence-electron chi connectivity index (χ4n) is 2.72. The van der Waals surface area contributed by atoms with Crippen molar-refractivity contribution in [3.8, 4) is 0 Å². The van der Waals surface area contributed by atoms with E-state index >= 15 is 0 Å². The maximum atomic E-state index is 12.3. The highest BCUT2D eigenvalue weighted by molar-refractivity contribution is 5.93. The Morgan fingerprint density at radius 1 is 1.45 bits per heavy atom. The normalized spacial score (nSPS) is 19.0. The van der Waals surface area contributed by atoms with Crippen LogP contribution in [0.3, 0.4) is 0 Å². The van der Waals surface area contributed by atoms with Gasteiger partial charge in [-0.15, -0.1) is 0 Å². The minimum absolute atomic E-state index is 0.0208. The second-order valence-electron chi connectivity index (χ2n) is 5.73. The minimum atomic E-state index is -0.0951. The lowest BCUT2D eigenvalue weighted by molar-refractivity contribution is 0.0712. The second-order valence-corrected chi connectivity index (χ2v) is 5.73. The Kier molecular flexibility index (Phi) is 4.53. The molecule has 0 spiro atoms. The third-order valence-corrected chi connectivity index (χ3v) is 3.96. The zero-order valence-corrected chi connectivity index (χ0v) is 12.7. The van der Waals surface area contributed by atoms with E-state index in [1.807, 2.05) is 37.3 Å². The smallest absolute Gasteiger partial charge is 0.254 e. The molecule has 0 saturated carbocycles. The van der Waals surface area contributed by atoms with Crippen LogP contribution in [0.2, 0.25) is 0 Å². The fraction of sp³-hybridized carbons (Fsp3) is 0.412. The third-order valence-electron chi connectivity index (χ3n) is 3.96. The zero-order chi connectivity index (χ0) is 15.4. The summed E-state index contributed by atoms with van der Waals surface area (Å²) in [6, 6.07) is 10.1. The van der Waals surface area contributed by atoms with Gasteiger partial charge in [-0.25, -0.2) is 0 Å². The summed E-state index contributed by atoms with van der Waals surface area (Å²) in [4.78, 5) is 12.3. The SMILES string of the molecule is CC(NC(=O)c1cnn(Cc2ccccc2)c1)C1CCCO1. The van der Waals surface area contributed by atoms with Gasteiger partial charge in [-0.05, 0) is 25.3 Å². The number of hydrogen-bond acceptors (Lipinski definition) is 3. The molecule has 1 saturated heterocycles. The van der Waals surface area contributed by atoms with Gasteiger partial charge in [0.05, 0.1) is 30.5 Å². The van der Waals surface area contributed by atoms with E-state index in [9.17, 15) is 4.79 Å². The van der Waals surface area contributed by atoms with Crippen molar-refractivity contribution in [2.45, 2.75) is 38.5 Å². The number of carbonyl (C=O) groups excluding carboxylic acids is 1. The first-order valence-electron chi connectivity index (χ1n) is 7.71. The van der Waals surface area contributed by atoms with Crippen LogP contribution in [0.15, 0.2) is 42.7 Å². The molecule has 5 nitrogen and oxygen atoms in total. The molecular weight excluding hydrogens is 278 g/mol. The molecular formula is C17H21N3O2. The molecule has 2 heterocycles. The van der Waals surface area contributed by atoms with E-state index in [0.29, 0.717) is 12.1 Å². The van der Waals surface area contributed by atoms with Crippen LogP contribution in [0, 0.1) is 0 Å². The average molecular weight is 299 g/mol. The van der Waals surface area contributed by atoms with Crippen molar-refractivity contribution >= 4 is 5.91 Å². The van der Waals surface area contributed by atoms with E-state index < -0.39 is 0 Å². The van der Waals surface area contributed by atoms with Gasteiger partial charge in [-0.2, -0.15) is 5.10 Å². The number of carbonyl (C=O) groups is 1. The van der Waals surface area contributed by atoms with Crippen LogP contribution < -0.4 is 5.32 Å². The predicted molar refractivity (Wildman–Crippen MR) is 83.7 cm³/mol. The quantitative estimate of drug-likeness (QED) is 0.921. The van der Waals surface area contributed by atoms with Gasteiger partial charge >= 0.3 is 0 Å². The van der Waals surface area contributed by atoms with E-state index in [2.05, 4.69) is 10.4 Å². The van der Waals surface area contributed by atoms with E-state index in [0.717, 1.165) is 25.0 Å². The summed E-state index contributed by atoms with van der Waals surface area (Å²) >= 11 is 0. The van der Waals surface area contributed by atoms with E-state index in [1.165, 1.54) is 0 Å². The lowest BCUT2D eigenvalue weighted by atomic mass is 10.1. The molecule has 1 aromatic heterocycles. The summed E-state index contributed by atoms with van der Waals surface area (Å²) in [5.74, 6) is -0.0951. The van der Waals surface area contributed by atoms with Gasteiger partial charge in [-0.1, -0.05) is 30.3 Å². The molecule has 0 bridgehead atoms. The highest BCUT2D eigenvalue weighted by atomic mass is 16.5. The first-order chi connectivity index (χ1) is 10.7. The van der Waals surface area contributed by atoms with E-state index in [1.54, 1.807) is 17.1 Å². The molecule has 1 N–H and O–H groups in total. The number of aromatic nitrogens is 2. The number of nitrogens with zero attached hydrogens (tertiary/aromatic N) is 2. The van der Waals surface area contributed by atoms with Crippen LogP contribution in [0.25, 0.3) is 0 Å². The molecule has 1 aliphatic rings. The summed E-state index contributed by atoms with van der Waals surface area (Å²) in [6.45, 7) is 3.44. The van der Waals surface area contributed by atoms with Gasteiger partial charge in [0.2, 0.25) is 0 Å². The van der Waals surface area contributed by atoms with Crippen molar-refractivity contribution in [1.82, 2.24) is 15.1 Å². The van der Waals surface area contributed by atoms with Crippen molar-refractivity contribution in [2.75, 3.05) is 6.61 Å². The number of amides is 1. The number of nitrogens with one attached hydrogen (secondary N) is 1. The van der Waals surface area contributed by atoms with Gasteiger partial charge in [0.15, 0.2) is 0 Å². The number of ether oxygens (including phenoxy) is 1. The Balaban J connectivity index is 1.59. The first-order valence-corrected chi connectivity index (χ1v) is 7.71. The summed E-state index contributed by atoms with van der Waals surface area (Å²) in [7, 11) is 0. The summed E-state index contributed by atoms with van der Waals surface area (Å²) < 4.78 is 7.38. The average Bonchev–Trinajstić information content (AvgIpc) is 3.19. The standard InChI is InChI=1S/C17H21N3O2/c1-13(16-8-5-9-22-16)19-17(21)15-10-18-20(12-15)11-14-6-3-2-4-7-14/h2-4,6-7,10,12-13,16H,5,8-9,11H2,1H3,(H,19,21). The molecule has 2 aromatic rings. The number of benzene rings is 1. The monoisotopic (exact) mass is 299 g/mol. The fourth-order valence-corrected chi connectivity index (χ4v) is 2.72. The van der Waals surface area contributed by atoms with Crippen LogP contribution in [0.5, 0.6) is 0 Å². The molecule has 116 valence electrons. The topological polar surface area (TPSA) is 56.2 Å². The Labute approximate surface area is 130 Å². The predicted octanol–water partition coefficient (Wildman–Crippen LogP) is 2.23. The van der Waals surface area contributed by atoms with E-state index in [-0.39, 0.29) is 18.1 Å². The molecule has 2 atom stereocenters.